The maximum Gasteiger partial charge on any atom is 0.422 e. The molecule has 2 aromatic rings. The van der Waals surface area contributed by atoms with E-state index in [-0.39, 0.29) is 11.8 Å². The molecule has 0 radical (unpaired) electrons. The molecule has 2 aromatic carbocycles. The van der Waals surface area contributed by atoms with Crippen molar-refractivity contribution >= 4 is 0 Å². The van der Waals surface area contributed by atoms with Crippen LogP contribution in [0.1, 0.15) is 36.4 Å². The monoisotopic (exact) mass is 379 g/mol. The molecule has 1 fully saturated rings. The maximum atomic E-state index is 12.4. The summed E-state index contributed by atoms with van der Waals surface area (Å²) < 4.78 is 47.1. The molecule has 0 aliphatic heterocycles. The van der Waals surface area contributed by atoms with E-state index in [0.29, 0.717) is 18.2 Å². The molecule has 1 N–H and O–H groups in total. The van der Waals surface area contributed by atoms with Gasteiger partial charge in [-0.05, 0) is 42.0 Å². The third-order valence-corrected chi connectivity index (χ3v) is 4.93. The fraction of sp³-hybridized carbons (Fsp3) is 0.429. The number of hydrogen-bond donors (Lipinski definition) is 1. The first-order chi connectivity index (χ1) is 13.0. The SMILES string of the molecule is COc1cc(CNC(c2ccccc2)C2CCC2)ccc1OCC(F)(F)F. The Balaban J connectivity index is 1.67. The van der Waals surface area contributed by atoms with Gasteiger partial charge in [-0.3, -0.25) is 0 Å². The molecule has 6 heteroatoms. The van der Waals surface area contributed by atoms with E-state index in [9.17, 15) is 13.2 Å². The van der Waals surface area contributed by atoms with E-state index >= 15 is 0 Å². The molecule has 1 aliphatic carbocycles. The third kappa shape index (κ3) is 5.39. The van der Waals surface area contributed by atoms with Crippen LogP contribution in [-0.4, -0.2) is 19.9 Å². The van der Waals surface area contributed by atoms with Gasteiger partial charge in [-0.25, -0.2) is 0 Å². The normalized spacial score (nSPS) is 15.9. The molecule has 0 amide bonds. The Hall–Kier alpha value is -2.21. The lowest BCUT2D eigenvalue weighted by atomic mass is 9.77. The summed E-state index contributed by atoms with van der Waals surface area (Å²) in [5.41, 5.74) is 2.20. The summed E-state index contributed by atoms with van der Waals surface area (Å²) in [4.78, 5) is 0. The van der Waals surface area contributed by atoms with E-state index in [1.165, 1.54) is 38.0 Å². The number of ether oxygens (including phenoxy) is 2. The number of halogens is 3. The fourth-order valence-electron chi connectivity index (χ4n) is 3.32. The van der Waals surface area contributed by atoms with Crippen molar-refractivity contribution in [1.29, 1.82) is 0 Å². The van der Waals surface area contributed by atoms with Gasteiger partial charge < -0.3 is 14.8 Å². The highest BCUT2D eigenvalue weighted by Crippen LogP contribution is 2.38. The number of rotatable bonds is 8. The summed E-state index contributed by atoms with van der Waals surface area (Å²) in [5.74, 6) is 1.01. The summed E-state index contributed by atoms with van der Waals surface area (Å²) >= 11 is 0. The van der Waals surface area contributed by atoms with Crippen LogP contribution in [0.2, 0.25) is 0 Å². The zero-order valence-electron chi connectivity index (χ0n) is 15.3. The van der Waals surface area contributed by atoms with Crippen molar-refractivity contribution in [3.63, 3.8) is 0 Å². The summed E-state index contributed by atoms with van der Waals surface area (Å²) in [7, 11) is 1.42. The van der Waals surface area contributed by atoms with Crippen molar-refractivity contribution in [3.8, 4) is 11.5 Å². The number of benzene rings is 2. The van der Waals surface area contributed by atoms with E-state index < -0.39 is 12.8 Å². The molecule has 27 heavy (non-hydrogen) atoms. The second-order valence-corrected chi connectivity index (χ2v) is 6.85. The van der Waals surface area contributed by atoms with Crippen LogP contribution in [0.4, 0.5) is 13.2 Å². The van der Waals surface area contributed by atoms with Crippen LogP contribution in [0.25, 0.3) is 0 Å². The molecule has 1 aliphatic rings. The molecule has 1 atom stereocenters. The summed E-state index contributed by atoms with van der Waals surface area (Å²) in [6, 6.07) is 15.6. The average molecular weight is 379 g/mol. The molecular weight excluding hydrogens is 355 g/mol. The molecule has 1 unspecified atom stereocenters. The number of methoxy groups -OCH3 is 1. The first-order valence-corrected chi connectivity index (χ1v) is 9.11. The van der Waals surface area contributed by atoms with E-state index in [1.54, 1.807) is 12.1 Å². The van der Waals surface area contributed by atoms with Crippen LogP contribution in [-0.2, 0) is 6.54 Å². The maximum absolute atomic E-state index is 12.4. The van der Waals surface area contributed by atoms with Crippen LogP contribution >= 0.6 is 0 Å². The molecule has 0 aromatic heterocycles. The Morgan fingerprint density at radius 1 is 1.07 bits per heavy atom. The van der Waals surface area contributed by atoms with Gasteiger partial charge in [0.2, 0.25) is 0 Å². The largest absolute Gasteiger partial charge is 0.493 e. The van der Waals surface area contributed by atoms with E-state index in [4.69, 9.17) is 9.47 Å². The van der Waals surface area contributed by atoms with Gasteiger partial charge >= 0.3 is 6.18 Å². The minimum absolute atomic E-state index is 0.0946. The van der Waals surface area contributed by atoms with Crippen LogP contribution in [0.5, 0.6) is 11.5 Å². The molecular formula is C21H24F3NO2. The molecule has 0 saturated heterocycles. The summed E-state index contributed by atoms with van der Waals surface area (Å²) in [6.45, 7) is -0.731. The molecule has 0 spiro atoms. The Kier molecular flexibility index (Phi) is 6.26. The molecule has 0 bridgehead atoms. The Morgan fingerprint density at radius 2 is 1.81 bits per heavy atom. The van der Waals surface area contributed by atoms with Crippen LogP contribution in [0.3, 0.4) is 0 Å². The Morgan fingerprint density at radius 3 is 2.41 bits per heavy atom. The van der Waals surface area contributed by atoms with Gasteiger partial charge in [-0.2, -0.15) is 13.2 Å². The Labute approximate surface area is 157 Å². The average Bonchev–Trinajstić information content (AvgIpc) is 2.62. The highest BCUT2D eigenvalue weighted by Gasteiger charge is 2.29. The topological polar surface area (TPSA) is 30.5 Å². The zero-order chi connectivity index (χ0) is 19.3. The van der Waals surface area contributed by atoms with E-state index in [0.717, 1.165) is 5.56 Å². The summed E-state index contributed by atoms with van der Waals surface area (Å²) in [6.07, 6.45) is -0.703. The smallest absolute Gasteiger partial charge is 0.422 e. The van der Waals surface area contributed by atoms with Crippen LogP contribution < -0.4 is 14.8 Å². The number of nitrogens with one attached hydrogen (secondary N) is 1. The Bertz CT molecular complexity index is 730. The molecule has 146 valence electrons. The third-order valence-electron chi connectivity index (χ3n) is 4.93. The number of hydrogen-bond acceptors (Lipinski definition) is 3. The second kappa shape index (κ2) is 8.65. The number of alkyl halides is 3. The summed E-state index contributed by atoms with van der Waals surface area (Å²) in [5, 5.41) is 3.60. The van der Waals surface area contributed by atoms with Crippen LogP contribution in [0.15, 0.2) is 48.5 Å². The van der Waals surface area contributed by atoms with Gasteiger partial charge in [0.1, 0.15) is 0 Å². The lowest BCUT2D eigenvalue weighted by Crippen LogP contribution is -2.31. The molecule has 1 saturated carbocycles. The van der Waals surface area contributed by atoms with Gasteiger partial charge in [-0.1, -0.05) is 42.8 Å². The van der Waals surface area contributed by atoms with Gasteiger partial charge in [0.15, 0.2) is 18.1 Å². The minimum atomic E-state index is -4.38. The lowest BCUT2D eigenvalue weighted by molar-refractivity contribution is -0.153. The van der Waals surface area contributed by atoms with Crippen molar-refractivity contribution in [2.75, 3.05) is 13.7 Å². The van der Waals surface area contributed by atoms with Crippen molar-refractivity contribution in [1.82, 2.24) is 5.32 Å². The van der Waals surface area contributed by atoms with Crippen molar-refractivity contribution in [3.05, 3.63) is 59.7 Å². The van der Waals surface area contributed by atoms with Crippen molar-refractivity contribution < 1.29 is 22.6 Å². The van der Waals surface area contributed by atoms with Gasteiger partial charge in [0.05, 0.1) is 7.11 Å². The first-order valence-electron chi connectivity index (χ1n) is 9.11. The predicted molar refractivity (Wildman–Crippen MR) is 97.9 cm³/mol. The molecule has 3 rings (SSSR count). The van der Waals surface area contributed by atoms with Crippen molar-refractivity contribution in [2.45, 2.75) is 38.0 Å². The first kappa shape index (κ1) is 19.5. The lowest BCUT2D eigenvalue weighted by Gasteiger charge is -2.35. The van der Waals surface area contributed by atoms with Gasteiger partial charge in [0, 0.05) is 12.6 Å². The van der Waals surface area contributed by atoms with Gasteiger partial charge in [0.25, 0.3) is 0 Å². The predicted octanol–water partition coefficient (Wildman–Crippen LogP) is 5.27. The standard InChI is InChI=1S/C21H24F3NO2/c1-26-19-12-15(10-11-18(19)27-14-21(22,23)24)13-25-20(17-8-5-9-17)16-6-3-2-4-7-16/h2-4,6-7,10-12,17,20,25H,5,8-9,13-14H2,1H3. The van der Waals surface area contributed by atoms with Gasteiger partial charge in [-0.15, -0.1) is 0 Å². The quantitative estimate of drug-likeness (QED) is 0.678. The van der Waals surface area contributed by atoms with E-state index in [1.807, 2.05) is 18.2 Å². The molecule has 0 heterocycles. The second-order valence-electron chi connectivity index (χ2n) is 6.85. The van der Waals surface area contributed by atoms with Crippen molar-refractivity contribution in [2.24, 2.45) is 5.92 Å². The van der Waals surface area contributed by atoms with E-state index in [2.05, 4.69) is 17.4 Å². The van der Waals surface area contributed by atoms with Crippen LogP contribution in [0, 0.1) is 5.92 Å². The fourth-order valence-corrected chi connectivity index (χ4v) is 3.32. The zero-order valence-corrected chi connectivity index (χ0v) is 15.3. The molecule has 3 nitrogen and oxygen atoms in total. The highest BCUT2D eigenvalue weighted by atomic mass is 19.4. The minimum Gasteiger partial charge on any atom is -0.493 e. The highest BCUT2D eigenvalue weighted by molar-refractivity contribution is 5.43.